The minimum Gasteiger partial charge on any atom is -0.350 e. The van der Waals surface area contributed by atoms with Gasteiger partial charge < -0.3 is 5.32 Å². The van der Waals surface area contributed by atoms with Crippen LogP contribution < -0.4 is 5.32 Å². The van der Waals surface area contributed by atoms with Crippen LogP contribution in [0.1, 0.15) is 22.6 Å². The van der Waals surface area contributed by atoms with Gasteiger partial charge in [0.1, 0.15) is 5.69 Å². The van der Waals surface area contributed by atoms with Crippen LogP contribution in [0, 0.1) is 18.3 Å². The first-order chi connectivity index (χ1) is 6.65. The van der Waals surface area contributed by atoms with Gasteiger partial charge in [-0.05, 0) is 13.0 Å². The molecule has 1 rings (SSSR count). The number of carbonyl (C=O) groups is 1. The van der Waals surface area contributed by atoms with E-state index in [4.69, 9.17) is 5.26 Å². The van der Waals surface area contributed by atoms with Crippen LogP contribution in [-0.4, -0.2) is 22.2 Å². The van der Waals surface area contributed by atoms with Gasteiger partial charge >= 0.3 is 0 Å². The van der Waals surface area contributed by atoms with Gasteiger partial charge in [-0.2, -0.15) is 10.4 Å². The number of hydrogen-bond acceptors (Lipinski definition) is 3. The molecule has 1 heterocycles. The van der Waals surface area contributed by atoms with Crippen LogP contribution in [0.25, 0.3) is 0 Å². The van der Waals surface area contributed by atoms with Crippen molar-refractivity contribution >= 4 is 5.91 Å². The van der Waals surface area contributed by atoms with E-state index in [-0.39, 0.29) is 5.91 Å². The van der Waals surface area contributed by atoms with E-state index in [1.165, 1.54) is 4.68 Å². The number of rotatable bonds is 3. The van der Waals surface area contributed by atoms with Crippen LogP contribution in [0.3, 0.4) is 0 Å². The lowest BCUT2D eigenvalue weighted by Gasteiger charge is -2.01. The van der Waals surface area contributed by atoms with Gasteiger partial charge in [-0.3, -0.25) is 9.48 Å². The lowest BCUT2D eigenvalue weighted by atomic mass is 10.3. The molecule has 0 saturated carbocycles. The third kappa shape index (κ3) is 2.33. The molecule has 0 saturated heterocycles. The predicted molar refractivity (Wildman–Crippen MR) is 50.5 cm³/mol. The van der Waals surface area contributed by atoms with Crippen LogP contribution in [0.4, 0.5) is 0 Å². The molecule has 0 atom stereocenters. The molecule has 1 aromatic rings. The molecule has 1 amide bonds. The molecule has 5 heteroatoms. The van der Waals surface area contributed by atoms with E-state index in [0.717, 1.165) is 5.69 Å². The van der Waals surface area contributed by atoms with Crippen LogP contribution in [0.2, 0.25) is 0 Å². The Morgan fingerprint density at radius 1 is 1.79 bits per heavy atom. The first kappa shape index (κ1) is 10.3. The highest BCUT2D eigenvalue weighted by molar-refractivity contribution is 5.92. The van der Waals surface area contributed by atoms with E-state index in [2.05, 4.69) is 10.4 Å². The summed E-state index contributed by atoms with van der Waals surface area (Å²) in [4.78, 5) is 11.5. The lowest BCUT2D eigenvalue weighted by Crippen LogP contribution is -2.26. The quantitative estimate of drug-likeness (QED) is 0.703. The van der Waals surface area contributed by atoms with Crippen molar-refractivity contribution in [1.82, 2.24) is 15.1 Å². The Morgan fingerprint density at radius 3 is 3.00 bits per heavy atom. The van der Waals surface area contributed by atoms with Crippen LogP contribution in [-0.2, 0) is 7.05 Å². The number of nitrogens with zero attached hydrogens (tertiary/aromatic N) is 3. The molecule has 0 aromatic carbocycles. The second kappa shape index (κ2) is 4.42. The Morgan fingerprint density at radius 2 is 2.50 bits per heavy atom. The Balaban J connectivity index is 2.61. The number of amides is 1. The highest BCUT2D eigenvalue weighted by atomic mass is 16.2. The summed E-state index contributed by atoms with van der Waals surface area (Å²) in [5.74, 6) is -0.191. The average Bonchev–Trinajstić information content (AvgIpc) is 2.45. The second-order valence-corrected chi connectivity index (χ2v) is 2.96. The van der Waals surface area contributed by atoms with Crippen molar-refractivity contribution in [2.24, 2.45) is 7.05 Å². The number of carbonyl (C=O) groups excluding carboxylic acids is 1. The molecule has 0 spiro atoms. The summed E-state index contributed by atoms with van der Waals surface area (Å²) in [6.07, 6.45) is 0.322. The molecule has 0 unspecified atom stereocenters. The normalized spacial score (nSPS) is 9.50. The standard InChI is InChI=1S/C9H12N4O/c1-7-6-8(13(2)12-7)9(14)11-5-3-4-10/h6H,3,5H2,1-2H3,(H,11,14). The molecule has 0 bridgehead atoms. The number of hydrogen-bond donors (Lipinski definition) is 1. The van der Waals surface area contributed by atoms with Crippen molar-refractivity contribution < 1.29 is 4.79 Å². The molecule has 0 fully saturated rings. The number of nitriles is 1. The molecule has 1 N–H and O–H groups in total. The van der Waals surface area contributed by atoms with Crippen LogP contribution in [0.5, 0.6) is 0 Å². The number of aromatic nitrogens is 2. The summed E-state index contributed by atoms with van der Waals surface area (Å²) in [5, 5.41) is 15.0. The zero-order valence-electron chi connectivity index (χ0n) is 8.24. The minimum absolute atomic E-state index is 0.191. The molecular weight excluding hydrogens is 180 g/mol. The van der Waals surface area contributed by atoms with Gasteiger partial charge in [0.25, 0.3) is 5.91 Å². The fourth-order valence-electron chi connectivity index (χ4n) is 1.15. The van der Waals surface area contributed by atoms with Crippen LogP contribution >= 0.6 is 0 Å². The van der Waals surface area contributed by atoms with E-state index >= 15 is 0 Å². The zero-order valence-corrected chi connectivity index (χ0v) is 8.24. The maximum Gasteiger partial charge on any atom is 0.269 e. The van der Waals surface area contributed by atoms with Gasteiger partial charge in [0, 0.05) is 13.6 Å². The maximum absolute atomic E-state index is 11.5. The van der Waals surface area contributed by atoms with E-state index in [0.29, 0.717) is 18.7 Å². The first-order valence-corrected chi connectivity index (χ1v) is 4.31. The minimum atomic E-state index is -0.191. The second-order valence-electron chi connectivity index (χ2n) is 2.96. The Labute approximate surface area is 82.3 Å². The van der Waals surface area contributed by atoms with E-state index < -0.39 is 0 Å². The summed E-state index contributed by atoms with van der Waals surface area (Å²) in [6.45, 7) is 2.20. The molecule has 0 aliphatic carbocycles. The van der Waals surface area contributed by atoms with E-state index in [1.807, 2.05) is 13.0 Å². The molecule has 14 heavy (non-hydrogen) atoms. The summed E-state index contributed by atoms with van der Waals surface area (Å²) in [7, 11) is 1.71. The largest absolute Gasteiger partial charge is 0.350 e. The van der Waals surface area contributed by atoms with E-state index in [9.17, 15) is 4.79 Å². The van der Waals surface area contributed by atoms with Gasteiger partial charge in [-0.25, -0.2) is 0 Å². The summed E-state index contributed by atoms with van der Waals surface area (Å²) in [5.41, 5.74) is 1.32. The third-order valence-corrected chi connectivity index (χ3v) is 1.76. The van der Waals surface area contributed by atoms with Crippen molar-refractivity contribution in [2.45, 2.75) is 13.3 Å². The highest BCUT2D eigenvalue weighted by Gasteiger charge is 2.10. The molecule has 0 radical (unpaired) electrons. The Bertz CT molecular complexity index is 375. The van der Waals surface area contributed by atoms with Crippen molar-refractivity contribution in [3.8, 4) is 6.07 Å². The van der Waals surface area contributed by atoms with Gasteiger partial charge in [0.05, 0.1) is 18.2 Å². The molecule has 0 aliphatic rings. The number of nitrogens with one attached hydrogen (secondary N) is 1. The zero-order chi connectivity index (χ0) is 10.6. The average molecular weight is 192 g/mol. The predicted octanol–water partition coefficient (Wildman–Crippen LogP) is 0.372. The van der Waals surface area contributed by atoms with E-state index in [1.54, 1.807) is 13.1 Å². The smallest absolute Gasteiger partial charge is 0.269 e. The van der Waals surface area contributed by atoms with Gasteiger partial charge in [0.15, 0.2) is 0 Å². The Kier molecular flexibility index (Phi) is 3.24. The van der Waals surface area contributed by atoms with Crippen molar-refractivity contribution in [3.63, 3.8) is 0 Å². The molecule has 0 aliphatic heterocycles. The summed E-state index contributed by atoms with van der Waals surface area (Å²) < 4.78 is 1.52. The van der Waals surface area contributed by atoms with Crippen molar-refractivity contribution in [1.29, 1.82) is 5.26 Å². The van der Waals surface area contributed by atoms with Crippen molar-refractivity contribution in [2.75, 3.05) is 6.54 Å². The molecule has 1 aromatic heterocycles. The number of aryl methyl sites for hydroxylation is 2. The maximum atomic E-state index is 11.5. The summed E-state index contributed by atoms with van der Waals surface area (Å²) >= 11 is 0. The van der Waals surface area contributed by atoms with Crippen LogP contribution in [0.15, 0.2) is 6.07 Å². The van der Waals surface area contributed by atoms with Gasteiger partial charge in [-0.1, -0.05) is 0 Å². The fourth-order valence-corrected chi connectivity index (χ4v) is 1.15. The molecular formula is C9H12N4O. The first-order valence-electron chi connectivity index (χ1n) is 4.31. The third-order valence-electron chi connectivity index (χ3n) is 1.76. The van der Waals surface area contributed by atoms with Gasteiger partial charge in [-0.15, -0.1) is 0 Å². The van der Waals surface area contributed by atoms with Crippen molar-refractivity contribution in [3.05, 3.63) is 17.5 Å². The molecule has 5 nitrogen and oxygen atoms in total. The topological polar surface area (TPSA) is 70.7 Å². The highest BCUT2D eigenvalue weighted by Crippen LogP contribution is 2.00. The fraction of sp³-hybridized carbons (Fsp3) is 0.444. The summed E-state index contributed by atoms with van der Waals surface area (Å²) in [6, 6.07) is 3.67. The lowest BCUT2D eigenvalue weighted by molar-refractivity contribution is 0.0945. The van der Waals surface area contributed by atoms with Gasteiger partial charge in [0.2, 0.25) is 0 Å². The SMILES string of the molecule is Cc1cc(C(=O)NCCC#N)n(C)n1. The Hall–Kier alpha value is -1.83. The molecule has 74 valence electrons. The monoisotopic (exact) mass is 192 g/mol.